The number of rotatable bonds is 9. The maximum atomic E-state index is 11.3. The zero-order chi connectivity index (χ0) is 15.9. The van der Waals surface area contributed by atoms with Crippen LogP contribution in [0.25, 0.3) is 12.2 Å². The molecule has 1 unspecified atom stereocenters. The Morgan fingerprint density at radius 1 is 1.36 bits per heavy atom. The third-order valence-corrected chi connectivity index (χ3v) is 4.21. The molecule has 1 aliphatic rings. The highest BCUT2D eigenvalue weighted by atomic mass is 16.1. The van der Waals surface area contributed by atoms with Gasteiger partial charge in [-0.2, -0.15) is 0 Å². The molecule has 0 saturated heterocycles. The number of hydrogen-bond donors (Lipinski definition) is 1. The number of nitrogens with two attached hydrogens (primary N) is 1. The van der Waals surface area contributed by atoms with Crippen LogP contribution in [0.1, 0.15) is 46.0 Å². The molecule has 1 aromatic rings. The molecule has 1 aromatic heterocycles. The van der Waals surface area contributed by atoms with E-state index in [1.54, 1.807) is 0 Å². The molecule has 22 heavy (non-hydrogen) atoms. The minimum Gasteiger partial charge on any atom is -0.369 e. The van der Waals surface area contributed by atoms with Gasteiger partial charge in [-0.15, -0.1) is 0 Å². The molecule has 5 nitrogen and oxygen atoms in total. The van der Waals surface area contributed by atoms with Gasteiger partial charge < -0.3 is 10.3 Å². The predicted octanol–water partition coefficient (Wildman–Crippen LogP) is 0.809. The molecule has 0 fully saturated rings. The Hall–Kier alpha value is -1.62. The molecule has 0 spiro atoms. The van der Waals surface area contributed by atoms with Crippen LogP contribution in [-0.2, 0) is 11.5 Å². The van der Waals surface area contributed by atoms with E-state index in [0.29, 0.717) is 6.42 Å². The first kappa shape index (κ1) is 16.7. The van der Waals surface area contributed by atoms with Crippen LogP contribution in [0.2, 0.25) is 0 Å². The third-order valence-electron chi connectivity index (χ3n) is 4.21. The van der Waals surface area contributed by atoms with E-state index in [4.69, 9.17) is 5.73 Å². The van der Waals surface area contributed by atoms with Crippen molar-refractivity contribution in [2.24, 2.45) is 11.7 Å². The molecule has 0 aromatic carbocycles. The normalized spacial score (nSPS) is 17.0. The highest BCUT2D eigenvalue weighted by Gasteiger charge is 2.16. The first-order valence-corrected chi connectivity index (χ1v) is 8.40. The molecule has 122 valence electrons. The number of aromatic nitrogens is 2. The average molecular weight is 304 g/mol. The Labute approximate surface area is 132 Å². The molecule has 1 heterocycles. The number of nitrogens with zero attached hydrogens (tertiary/aromatic N) is 3. The zero-order valence-corrected chi connectivity index (χ0v) is 13.8. The highest BCUT2D eigenvalue weighted by Crippen LogP contribution is 2.07. The molecule has 1 aliphatic carbocycles. The van der Waals surface area contributed by atoms with Gasteiger partial charge in [-0.3, -0.25) is 9.69 Å². The number of amides is 1. The smallest absolute Gasteiger partial charge is 0.224 e. The summed E-state index contributed by atoms with van der Waals surface area (Å²) in [5, 5.41) is 2.01. The van der Waals surface area contributed by atoms with Crippen molar-refractivity contribution < 1.29 is 4.79 Å². The van der Waals surface area contributed by atoms with Crippen molar-refractivity contribution in [1.29, 1.82) is 0 Å². The van der Waals surface area contributed by atoms with Gasteiger partial charge in [0.1, 0.15) is 0 Å². The van der Waals surface area contributed by atoms with Crippen molar-refractivity contribution in [3.63, 3.8) is 0 Å². The summed E-state index contributed by atoms with van der Waals surface area (Å²) in [6, 6.07) is 0. The maximum Gasteiger partial charge on any atom is 0.224 e. The lowest BCUT2D eigenvalue weighted by Gasteiger charge is -2.22. The molecular weight excluding hydrogens is 276 g/mol. The Morgan fingerprint density at radius 3 is 2.64 bits per heavy atom. The summed E-state index contributed by atoms with van der Waals surface area (Å²) in [4.78, 5) is 18.2. The summed E-state index contributed by atoms with van der Waals surface area (Å²) in [6.45, 7) is 7.57. The summed E-state index contributed by atoms with van der Waals surface area (Å²) in [5.41, 5.74) is 5.39. The number of carbonyl (C=O) groups excluding carboxylic acids is 1. The van der Waals surface area contributed by atoms with E-state index in [1.165, 1.54) is 25.7 Å². The fourth-order valence-electron chi connectivity index (χ4n) is 2.80. The van der Waals surface area contributed by atoms with E-state index < -0.39 is 0 Å². The SMILES string of the molecule is CCCCN(CCCC)Cn1cnc2c1=CCC(C(N)=O)C=2. The van der Waals surface area contributed by atoms with E-state index in [2.05, 4.69) is 34.4 Å². The molecule has 1 atom stereocenters. The fraction of sp³-hybridized carbons (Fsp3) is 0.647. The number of primary amides is 1. The van der Waals surface area contributed by atoms with Gasteiger partial charge in [0.15, 0.2) is 0 Å². The molecule has 0 saturated carbocycles. The van der Waals surface area contributed by atoms with Gasteiger partial charge in [-0.1, -0.05) is 32.8 Å². The molecule has 0 radical (unpaired) electrons. The number of fused-ring (bicyclic) bond motifs is 1. The minimum atomic E-state index is -0.274. The lowest BCUT2D eigenvalue weighted by atomic mass is 10.0. The number of carbonyl (C=O) groups is 1. The van der Waals surface area contributed by atoms with E-state index in [9.17, 15) is 4.79 Å². The van der Waals surface area contributed by atoms with Crippen molar-refractivity contribution in [3.05, 3.63) is 17.0 Å². The second kappa shape index (κ2) is 8.13. The molecule has 2 rings (SSSR count). The summed E-state index contributed by atoms with van der Waals surface area (Å²) in [6.07, 6.45) is 11.4. The quantitative estimate of drug-likeness (QED) is 0.734. The molecule has 1 amide bonds. The Bertz CT molecular complexity index is 597. The van der Waals surface area contributed by atoms with E-state index in [0.717, 1.165) is 30.5 Å². The third kappa shape index (κ3) is 4.19. The lowest BCUT2D eigenvalue weighted by molar-refractivity contribution is -0.119. The molecular formula is C17H28N4O. The molecule has 2 N–H and O–H groups in total. The van der Waals surface area contributed by atoms with Crippen LogP contribution in [0, 0.1) is 5.92 Å². The van der Waals surface area contributed by atoms with E-state index >= 15 is 0 Å². The van der Waals surface area contributed by atoms with Gasteiger partial charge in [0, 0.05) is 0 Å². The van der Waals surface area contributed by atoms with Crippen LogP contribution >= 0.6 is 0 Å². The monoisotopic (exact) mass is 304 g/mol. The Morgan fingerprint density at radius 2 is 2.05 bits per heavy atom. The average Bonchev–Trinajstić information content (AvgIpc) is 2.92. The van der Waals surface area contributed by atoms with E-state index in [1.807, 2.05) is 12.4 Å². The van der Waals surface area contributed by atoms with Gasteiger partial charge in [0.2, 0.25) is 5.91 Å². The van der Waals surface area contributed by atoms with Gasteiger partial charge in [-0.05, 0) is 38.4 Å². The topological polar surface area (TPSA) is 64.2 Å². The number of unbranched alkanes of at least 4 members (excludes halogenated alkanes) is 2. The maximum absolute atomic E-state index is 11.3. The first-order chi connectivity index (χ1) is 10.7. The Kier molecular flexibility index (Phi) is 6.19. The zero-order valence-electron chi connectivity index (χ0n) is 13.8. The van der Waals surface area contributed by atoms with Crippen LogP contribution in [0.15, 0.2) is 6.33 Å². The number of hydrogen-bond acceptors (Lipinski definition) is 3. The van der Waals surface area contributed by atoms with Crippen molar-refractivity contribution in [1.82, 2.24) is 14.5 Å². The van der Waals surface area contributed by atoms with Crippen LogP contribution in [0.5, 0.6) is 0 Å². The van der Waals surface area contributed by atoms with Crippen LogP contribution in [0.4, 0.5) is 0 Å². The largest absolute Gasteiger partial charge is 0.369 e. The lowest BCUT2D eigenvalue weighted by Crippen LogP contribution is -2.39. The molecule has 5 heteroatoms. The number of imidazole rings is 1. The molecule has 0 aliphatic heterocycles. The predicted molar refractivity (Wildman–Crippen MR) is 89.1 cm³/mol. The minimum absolute atomic E-state index is 0.216. The summed E-state index contributed by atoms with van der Waals surface area (Å²) in [7, 11) is 0. The van der Waals surface area contributed by atoms with Crippen molar-refractivity contribution >= 4 is 18.1 Å². The van der Waals surface area contributed by atoms with Crippen molar-refractivity contribution in [3.8, 4) is 0 Å². The fourth-order valence-corrected chi connectivity index (χ4v) is 2.80. The molecule has 0 bridgehead atoms. The second-order valence-electron chi connectivity index (χ2n) is 6.07. The van der Waals surface area contributed by atoms with Crippen LogP contribution in [0.3, 0.4) is 0 Å². The van der Waals surface area contributed by atoms with Crippen molar-refractivity contribution in [2.75, 3.05) is 13.1 Å². The van der Waals surface area contributed by atoms with Crippen LogP contribution < -0.4 is 16.4 Å². The summed E-state index contributed by atoms with van der Waals surface area (Å²) >= 11 is 0. The van der Waals surface area contributed by atoms with Gasteiger partial charge in [0.25, 0.3) is 0 Å². The van der Waals surface area contributed by atoms with Gasteiger partial charge in [0.05, 0.1) is 29.6 Å². The van der Waals surface area contributed by atoms with Gasteiger partial charge in [-0.25, -0.2) is 4.98 Å². The summed E-state index contributed by atoms with van der Waals surface area (Å²) < 4.78 is 2.19. The van der Waals surface area contributed by atoms with Crippen LogP contribution in [-0.4, -0.2) is 33.4 Å². The summed E-state index contributed by atoms with van der Waals surface area (Å²) in [5.74, 6) is -0.490. The second-order valence-corrected chi connectivity index (χ2v) is 6.07. The highest BCUT2D eigenvalue weighted by molar-refractivity contribution is 5.83. The van der Waals surface area contributed by atoms with Gasteiger partial charge >= 0.3 is 0 Å². The van der Waals surface area contributed by atoms with E-state index in [-0.39, 0.29) is 11.8 Å². The first-order valence-electron chi connectivity index (χ1n) is 8.40. The Balaban J connectivity index is 2.13. The standard InChI is InChI=1S/C17H28N4O/c1-3-5-9-20(10-6-4-2)13-21-12-19-15-11-14(17(18)22)7-8-16(15)21/h8,11-12,14H,3-7,9-10,13H2,1-2H3,(H2,18,22). The van der Waals surface area contributed by atoms with Crippen molar-refractivity contribution in [2.45, 2.75) is 52.6 Å².